The van der Waals surface area contributed by atoms with Crippen LogP contribution in [0.4, 0.5) is 18.0 Å². The molecule has 0 aliphatic rings. The van der Waals surface area contributed by atoms with Crippen molar-refractivity contribution in [3.63, 3.8) is 0 Å². The van der Waals surface area contributed by atoms with E-state index in [1.54, 1.807) is 6.20 Å². The standard InChI is InChI=1S/C11H14F3N3O3S/c1-7-16-4-8(21-7)5-17-9(18)2-3-15-10(19)20-6-11(12,13)14/h4H,2-3,5-6H2,1H3,(H,15,19)(H,17,18). The first-order valence-corrected chi connectivity index (χ1v) is 6.73. The summed E-state index contributed by atoms with van der Waals surface area (Å²) in [6, 6.07) is 0. The van der Waals surface area contributed by atoms with E-state index in [1.807, 2.05) is 6.92 Å². The van der Waals surface area contributed by atoms with Gasteiger partial charge in [0, 0.05) is 24.0 Å². The Labute approximate surface area is 122 Å². The molecule has 0 unspecified atom stereocenters. The van der Waals surface area contributed by atoms with Crippen molar-refractivity contribution in [1.82, 2.24) is 15.6 Å². The summed E-state index contributed by atoms with van der Waals surface area (Å²) in [5.74, 6) is -0.336. The average molecular weight is 325 g/mol. The molecule has 6 nitrogen and oxygen atoms in total. The molecule has 0 aliphatic heterocycles. The molecule has 21 heavy (non-hydrogen) atoms. The van der Waals surface area contributed by atoms with Gasteiger partial charge < -0.3 is 15.4 Å². The Hall–Kier alpha value is -1.84. The summed E-state index contributed by atoms with van der Waals surface area (Å²) in [6.07, 6.45) is -4.19. The SMILES string of the molecule is Cc1ncc(CNC(=O)CCNC(=O)OCC(F)(F)F)s1. The lowest BCUT2D eigenvalue weighted by Gasteiger charge is -2.09. The van der Waals surface area contributed by atoms with Gasteiger partial charge in [0.2, 0.25) is 5.91 Å². The van der Waals surface area contributed by atoms with Gasteiger partial charge in [0.15, 0.2) is 6.61 Å². The minimum atomic E-state index is -4.57. The topological polar surface area (TPSA) is 80.3 Å². The van der Waals surface area contributed by atoms with Crippen LogP contribution in [0.15, 0.2) is 6.20 Å². The molecule has 0 fully saturated rings. The Balaban J connectivity index is 2.11. The van der Waals surface area contributed by atoms with Crippen LogP contribution in [-0.4, -0.2) is 36.3 Å². The molecule has 2 N–H and O–H groups in total. The molecule has 0 atom stereocenters. The van der Waals surface area contributed by atoms with Crippen molar-refractivity contribution in [2.75, 3.05) is 13.2 Å². The highest BCUT2D eigenvalue weighted by molar-refractivity contribution is 7.11. The molecule has 2 amide bonds. The van der Waals surface area contributed by atoms with Gasteiger partial charge in [0.25, 0.3) is 0 Å². The maximum atomic E-state index is 11.8. The van der Waals surface area contributed by atoms with E-state index in [-0.39, 0.29) is 18.9 Å². The molecule has 0 aliphatic carbocycles. The number of alkyl carbamates (subject to hydrolysis) is 1. The number of carbonyl (C=O) groups is 2. The van der Waals surface area contributed by atoms with Crippen molar-refractivity contribution in [2.24, 2.45) is 0 Å². The van der Waals surface area contributed by atoms with Crippen LogP contribution in [0, 0.1) is 6.92 Å². The molecular formula is C11H14F3N3O3S. The summed E-state index contributed by atoms with van der Waals surface area (Å²) in [5, 5.41) is 5.54. The number of carbonyl (C=O) groups excluding carboxylic acids is 2. The fourth-order valence-electron chi connectivity index (χ4n) is 1.24. The smallest absolute Gasteiger partial charge is 0.422 e. The summed E-state index contributed by atoms with van der Waals surface area (Å²) in [4.78, 5) is 27.2. The first-order chi connectivity index (χ1) is 9.76. The number of aryl methyl sites for hydroxylation is 1. The molecule has 10 heteroatoms. The van der Waals surface area contributed by atoms with Gasteiger partial charge in [-0.2, -0.15) is 13.2 Å². The lowest BCUT2D eigenvalue weighted by atomic mass is 10.4. The minimum Gasteiger partial charge on any atom is -0.440 e. The fraction of sp³-hybridized carbons (Fsp3) is 0.545. The van der Waals surface area contributed by atoms with Gasteiger partial charge in [-0.1, -0.05) is 0 Å². The highest BCUT2D eigenvalue weighted by atomic mass is 32.1. The summed E-state index contributed by atoms with van der Waals surface area (Å²) < 4.78 is 39.2. The van der Waals surface area contributed by atoms with E-state index in [1.165, 1.54) is 11.3 Å². The van der Waals surface area contributed by atoms with Gasteiger partial charge in [-0.25, -0.2) is 9.78 Å². The zero-order chi connectivity index (χ0) is 15.9. The molecule has 1 rings (SSSR count). The molecule has 0 saturated carbocycles. The maximum Gasteiger partial charge on any atom is 0.422 e. The predicted molar refractivity (Wildman–Crippen MR) is 68.7 cm³/mol. The second kappa shape index (κ2) is 7.81. The minimum absolute atomic E-state index is 0.0566. The number of thiazole rings is 1. The van der Waals surface area contributed by atoms with Gasteiger partial charge in [-0.3, -0.25) is 4.79 Å². The Morgan fingerprint density at radius 2 is 2.10 bits per heavy atom. The van der Waals surface area contributed by atoms with Crippen molar-refractivity contribution in [2.45, 2.75) is 26.1 Å². The zero-order valence-corrected chi connectivity index (χ0v) is 11.9. The van der Waals surface area contributed by atoms with Gasteiger partial charge in [0.05, 0.1) is 11.6 Å². The van der Waals surface area contributed by atoms with E-state index in [9.17, 15) is 22.8 Å². The molecule has 0 aromatic carbocycles. The molecule has 0 radical (unpaired) electrons. The third kappa shape index (κ3) is 8.12. The van der Waals surface area contributed by atoms with Crippen LogP contribution in [0.25, 0.3) is 0 Å². The molecule has 0 saturated heterocycles. The quantitative estimate of drug-likeness (QED) is 0.835. The number of aromatic nitrogens is 1. The number of nitrogens with zero attached hydrogens (tertiary/aromatic N) is 1. The van der Waals surface area contributed by atoms with E-state index in [4.69, 9.17) is 0 Å². The largest absolute Gasteiger partial charge is 0.440 e. The van der Waals surface area contributed by atoms with Crippen LogP contribution >= 0.6 is 11.3 Å². The predicted octanol–water partition coefficient (Wildman–Crippen LogP) is 1.75. The van der Waals surface area contributed by atoms with Crippen molar-refractivity contribution < 1.29 is 27.5 Å². The van der Waals surface area contributed by atoms with Crippen LogP contribution in [-0.2, 0) is 16.1 Å². The maximum absolute atomic E-state index is 11.8. The van der Waals surface area contributed by atoms with Crippen molar-refractivity contribution in [1.29, 1.82) is 0 Å². The third-order valence-electron chi connectivity index (χ3n) is 2.12. The summed E-state index contributed by atoms with van der Waals surface area (Å²) in [7, 11) is 0. The number of hydrogen-bond donors (Lipinski definition) is 2. The Kier molecular flexibility index (Phi) is 6.40. The fourth-order valence-corrected chi connectivity index (χ4v) is 1.97. The first kappa shape index (κ1) is 17.2. The molecular weight excluding hydrogens is 311 g/mol. The summed E-state index contributed by atoms with van der Waals surface area (Å²) in [6.45, 7) is 0.398. The van der Waals surface area contributed by atoms with Crippen LogP contribution < -0.4 is 10.6 Å². The Bertz CT molecular complexity index is 491. The van der Waals surface area contributed by atoms with E-state index >= 15 is 0 Å². The lowest BCUT2D eigenvalue weighted by molar-refractivity contribution is -0.160. The van der Waals surface area contributed by atoms with Crippen molar-refractivity contribution >= 4 is 23.3 Å². The third-order valence-corrected chi connectivity index (χ3v) is 3.03. The van der Waals surface area contributed by atoms with Gasteiger partial charge in [-0.05, 0) is 6.92 Å². The Morgan fingerprint density at radius 1 is 1.38 bits per heavy atom. The number of amides is 2. The number of rotatable bonds is 6. The van der Waals surface area contributed by atoms with Crippen LogP contribution in [0.2, 0.25) is 0 Å². The molecule has 0 spiro atoms. The second-order valence-electron chi connectivity index (χ2n) is 3.99. The summed E-state index contributed by atoms with van der Waals surface area (Å²) in [5.41, 5.74) is 0. The number of ether oxygens (including phenoxy) is 1. The van der Waals surface area contributed by atoms with Crippen LogP contribution in [0.3, 0.4) is 0 Å². The van der Waals surface area contributed by atoms with Crippen molar-refractivity contribution in [3.05, 3.63) is 16.1 Å². The number of alkyl halides is 3. The lowest BCUT2D eigenvalue weighted by Crippen LogP contribution is -2.32. The molecule has 118 valence electrons. The van der Waals surface area contributed by atoms with E-state index in [0.717, 1.165) is 9.88 Å². The molecule has 1 aromatic heterocycles. The average Bonchev–Trinajstić information content (AvgIpc) is 2.79. The summed E-state index contributed by atoms with van der Waals surface area (Å²) >= 11 is 1.45. The van der Waals surface area contributed by atoms with E-state index in [2.05, 4.69) is 20.4 Å². The van der Waals surface area contributed by atoms with Crippen LogP contribution in [0.1, 0.15) is 16.3 Å². The van der Waals surface area contributed by atoms with Crippen LogP contribution in [0.5, 0.6) is 0 Å². The number of hydrogen-bond acceptors (Lipinski definition) is 5. The highest BCUT2D eigenvalue weighted by Gasteiger charge is 2.29. The monoisotopic (exact) mass is 325 g/mol. The van der Waals surface area contributed by atoms with Gasteiger partial charge >= 0.3 is 12.3 Å². The Morgan fingerprint density at radius 3 is 2.67 bits per heavy atom. The number of halogens is 3. The normalized spacial score (nSPS) is 11.0. The highest BCUT2D eigenvalue weighted by Crippen LogP contribution is 2.14. The van der Waals surface area contributed by atoms with E-state index < -0.39 is 18.9 Å². The number of nitrogens with one attached hydrogen (secondary N) is 2. The van der Waals surface area contributed by atoms with Gasteiger partial charge in [-0.15, -0.1) is 11.3 Å². The molecule has 1 heterocycles. The van der Waals surface area contributed by atoms with E-state index in [0.29, 0.717) is 6.54 Å². The first-order valence-electron chi connectivity index (χ1n) is 5.91. The molecule has 1 aromatic rings. The zero-order valence-electron chi connectivity index (χ0n) is 11.1. The van der Waals surface area contributed by atoms with Gasteiger partial charge in [0.1, 0.15) is 0 Å². The van der Waals surface area contributed by atoms with Crippen molar-refractivity contribution in [3.8, 4) is 0 Å². The molecule has 0 bridgehead atoms. The second-order valence-corrected chi connectivity index (χ2v) is 5.31.